The smallest absolute Gasteiger partial charge is 0.229 e. The van der Waals surface area contributed by atoms with Gasteiger partial charge in [-0.05, 0) is 80.4 Å². The van der Waals surface area contributed by atoms with Crippen molar-refractivity contribution in [1.82, 2.24) is 4.98 Å². The first-order chi connectivity index (χ1) is 21.9. The number of para-hydroxylation sites is 2. The van der Waals surface area contributed by atoms with E-state index in [2.05, 4.69) is 93.6 Å². The lowest BCUT2D eigenvalue weighted by Crippen LogP contribution is -2.11. The van der Waals surface area contributed by atoms with Gasteiger partial charge < -0.3 is 4.42 Å². The van der Waals surface area contributed by atoms with Crippen molar-refractivity contribution in [3.05, 3.63) is 144 Å². The summed E-state index contributed by atoms with van der Waals surface area (Å²) in [4.78, 5) is 9.93. The van der Waals surface area contributed by atoms with E-state index in [1.807, 2.05) is 66.9 Å². The van der Waals surface area contributed by atoms with E-state index in [9.17, 15) is 5.26 Å². The molecule has 1 aromatic heterocycles. The molecule has 0 unspecified atom stereocenters. The van der Waals surface area contributed by atoms with Crippen molar-refractivity contribution in [2.45, 2.75) is 26.2 Å². The van der Waals surface area contributed by atoms with Crippen molar-refractivity contribution < 1.29 is 4.42 Å². The van der Waals surface area contributed by atoms with Crippen LogP contribution < -0.4 is 0 Å². The Bertz CT molecular complexity index is 2260. The van der Waals surface area contributed by atoms with E-state index in [4.69, 9.17) is 14.4 Å². The van der Waals surface area contributed by atoms with Gasteiger partial charge in [0.2, 0.25) is 5.89 Å². The first-order valence-corrected chi connectivity index (χ1v) is 15.1. The number of oxazole rings is 1. The van der Waals surface area contributed by atoms with E-state index in [1.165, 1.54) is 5.56 Å². The number of benzene rings is 6. The second-order valence-corrected chi connectivity index (χ2v) is 12.2. The predicted molar refractivity (Wildman–Crippen MR) is 185 cm³/mol. The number of nitrogens with zero attached hydrogens (tertiary/aromatic N) is 3. The van der Waals surface area contributed by atoms with Gasteiger partial charge in [-0.3, -0.25) is 4.99 Å². The van der Waals surface area contributed by atoms with Crippen LogP contribution in [0.3, 0.4) is 0 Å². The van der Waals surface area contributed by atoms with Crippen LogP contribution in [0.15, 0.2) is 137 Å². The number of hydrogen-bond acceptors (Lipinski definition) is 4. The van der Waals surface area contributed by atoms with Gasteiger partial charge in [0.15, 0.2) is 5.58 Å². The van der Waals surface area contributed by atoms with Crippen LogP contribution in [0.25, 0.3) is 55.6 Å². The number of aromatic nitrogens is 1. The van der Waals surface area contributed by atoms with Crippen LogP contribution in [0.2, 0.25) is 0 Å². The van der Waals surface area contributed by atoms with Crippen LogP contribution in [0.1, 0.15) is 37.5 Å². The molecule has 0 spiro atoms. The summed E-state index contributed by atoms with van der Waals surface area (Å²) < 4.78 is 6.39. The lowest BCUT2D eigenvalue weighted by molar-refractivity contribution is 0.590. The van der Waals surface area contributed by atoms with Crippen molar-refractivity contribution in [2.75, 3.05) is 0 Å². The van der Waals surface area contributed by atoms with Crippen LogP contribution in [-0.2, 0) is 5.41 Å². The molecule has 0 bridgehead atoms. The van der Waals surface area contributed by atoms with Gasteiger partial charge in [-0.2, -0.15) is 5.26 Å². The fourth-order valence-corrected chi connectivity index (χ4v) is 5.79. The highest BCUT2D eigenvalue weighted by Gasteiger charge is 2.18. The fraction of sp³-hybridized carbons (Fsp3) is 0.0976. The monoisotopic (exact) mass is 581 g/mol. The standard InChI is InChI=1S/C41H31N3O/c1-41(2,3)30-11-8-10-28(24-30)26-43-37-16-7-6-14-36(37)40-44-39-35(15-9-17-38(39)45-40)34-23-22-31(32-12-4-5-13-33(32)34)29-20-18-27(25-42)19-21-29/h4-24,26H,1-3H3. The van der Waals surface area contributed by atoms with Crippen molar-refractivity contribution in [1.29, 1.82) is 5.26 Å². The molecule has 0 radical (unpaired) electrons. The molecular formula is C41H31N3O. The summed E-state index contributed by atoms with van der Waals surface area (Å²) in [5.74, 6) is 0.534. The number of hydrogen-bond donors (Lipinski definition) is 0. The van der Waals surface area contributed by atoms with Gasteiger partial charge in [0, 0.05) is 11.8 Å². The van der Waals surface area contributed by atoms with Crippen LogP contribution >= 0.6 is 0 Å². The Balaban J connectivity index is 1.30. The zero-order valence-corrected chi connectivity index (χ0v) is 25.5. The first kappa shape index (κ1) is 28.0. The third-order valence-corrected chi connectivity index (χ3v) is 8.20. The van der Waals surface area contributed by atoms with Gasteiger partial charge >= 0.3 is 0 Å². The van der Waals surface area contributed by atoms with E-state index in [0.29, 0.717) is 11.5 Å². The number of fused-ring (bicyclic) bond motifs is 2. The summed E-state index contributed by atoms with van der Waals surface area (Å²) >= 11 is 0. The summed E-state index contributed by atoms with van der Waals surface area (Å²) in [5, 5.41) is 11.5. The van der Waals surface area contributed by atoms with Crippen LogP contribution in [-0.4, -0.2) is 11.2 Å². The minimum Gasteiger partial charge on any atom is -0.436 e. The van der Waals surface area contributed by atoms with Gasteiger partial charge in [0.1, 0.15) is 5.52 Å². The molecule has 0 aliphatic carbocycles. The molecule has 0 saturated heterocycles. The minimum atomic E-state index is 0.0624. The van der Waals surface area contributed by atoms with Crippen molar-refractivity contribution in [3.8, 4) is 39.8 Å². The molecule has 216 valence electrons. The Labute approximate surface area is 263 Å². The van der Waals surface area contributed by atoms with Crippen LogP contribution in [0, 0.1) is 11.3 Å². The average molecular weight is 582 g/mol. The van der Waals surface area contributed by atoms with Gasteiger partial charge in [0.25, 0.3) is 0 Å². The molecule has 7 aromatic rings. The molecule has 1 heterocycles. The summed E-state index contributed by atoms with van der Waals surface area (Å²) in [7, 11) is 0. The lowest BCUT2D eigenvalue weighted by atomic mass is 9.86. The fourth-order valence-electron chi connectivity index (χ4n) is 5.79. The van der Waals surface area contributed by atoms with Crippen LogP contribution in [0.5, 0.6) is 0 Å². The highest BCUT2D eigenvalue weighted by molar-refractivity contribution is 6.08. The quantitative estimate of drug-likeness (QED) is 0.190. The second-order valence-electron chi connectivity index (χ2n) is 12.2. The number of rotatable bonds is 5. The largest absolute Gasteiger partial charge is 0.436 e. The molecule has 4 nitrogen and oxygen atoms in total. The topological polar surface area (TPSA) is 62.2 Å². The minimum absolute atomic E-state index is 0.0624. The maximum Gasteiger partial charge on any atom is 0.229 e. The molecule has 0 fully saturated rings. The molecule has 45 heavy (non-hydrogen) atoms. The molecule has 7 rings (SSSR count). The Kier molecular flexibility index (Phi) is 7.08. The summed E-state index contributed by atoms with van der Waals surface area (Å²) in [6.07, 6.45) is 1.91. The third-order valence-electron chi connectivity index (χ3n) is 8.20. The first-order valence-electron chi connectivity index (χ1n) is 15.1. The molecule has 0 amide bonds. The van der Waals surface area contributed by atoms with Crippen molar-refractivity contribution >= 4 is 33.8 Å². The number of nitriles is 1. The molecule has 0 saturated carbocycles. The summed E-state index contributed by atoms with van der Waals surface area (Å²) in [5.41, 5.74) is 10.5. The zero-order chi connectivity index (χ0) is 31.0. The third kappa shape index (κ3) is 5.41. The van der Waals surface area contributed by atoms with E-state index in [1.54, 1.807) is 0 Å². The van der Waals surface area contributed by atoms with Gasteiger partial charge in [-0.1, -0.05) is 112 Å². The number of aliphatic imine (C=N–C) groups is 1. The molecule has 0 aliphatic heterocycles. The van der Waals surface area contributed by atoms with E-state index < -0.39 is 0 Å². The Morgan fingerprint density at radius 1 is 0.689 bits per heavy atom. The van der Waals surface area contributed by atoms with Crippen LogP contribution in [0.4, 0.5) is 5.69 Å². The maximum absolute atomic E-state index is 9.25. The Morgan fingerprint density at radius 3 is 2.16 bits per heavy atom. The predicted octanol–water partition coefficient (Wildman–Crippen LogP) is 10.9. The Morgan fingerprint density at radius 2 is 1.38 bits per heavy atom. The molecule has 6 aromatic carbocycles. The molecule has 0 aliphatic rings. The lowest BCUT2D eigenvalue weighted by Gasteiger charge is -2.19. The van der Waals surface area contributed by atoms with E-state index >= 15 is 0 Å². The molecular weight excluding hydrogens is 550 g/mol. The van der Waals surface area contributed by atoms with Gasteiger partial charge in [0.05, 0.1) is 22.9 Å². The highest BCUT2D eigenvalue weighted by Crippen LogP contribution is 2.40. The molecule has 0 N–H and O–H groups in total. The van der Waals surface area contributed by atoms with Crippen molar-refractivity contribution in [3.63, 3.8) is 0 Å². The SMILES string of the molecule is CC(C)(C)c1cccc(C=Nc2ccccc2-c2nc3c(-c4ccc(-c5ccc(C#N)cc5)c5ccccc45)cccc3o2)c1. The highest BCUT2D eigenvalue weighted by atomic mass is 16.3. The molecule has 4 heteroatoms. The summed E-state index contributed by atoms with van der Waals surface area (Å²) in [6.45, 7) is 6.64. The second kappa shape index (κ2) is 11.4. The van der Waals surface area contributed by atoms with Gasteiger partial charge in [-0.15, -0.1) is 0 Å². The molecule has 0 atom stereocenters. The van der Waals surface area contributed by atoms with Crippen molar-refractivity contribution in [2.24, 2.45) is 4.99 Å². The maximum atomic E-state index is 9.25. The average Bonchev–Trinajstić information content (AvgIpc) is 3.52. The van der Waals surface area contributed by atoms with E-state index in [-0.39, 0.29) is 5.41 Å². The summed E-state index contributed by atoms with van der Waals surface area (Å²) in [6, 6.07) is 45.2. The Hall–Kier alpha value is -5.79. The van der Waals surface area contributed by atoms with E-state index in [0.717, 1.165) is 60.9 Å². The van der Waals surface area contributed by atoms with Gasteiger partial charge in [-0.25, -0.2) is 4.98 Å². The normalized spacial score (nSPS) is 11.8. The zero-order valence-electron chi connectivity index (χ0n) is 25.5.